The zero-order valence-corrected chi connectivity index (χ0v) is 7.23. The van der Waals surface area contributed by atoms with E-state index in [2.05, 4.69) is 5.16 Å². The molecule has 0 saturated heterocycles. The van der Waals surface area contributed by atoms with Crippen molar-refractivity contribution < 1.29 is 9.63 Å². The van der Waals surface area contributed by atoms with E-state index in [1.807, 2.05) is 30.3 Å². The lowest BCUT2D eigenvalue weighted by Gasteiger charge is -1.96. The van der Waals surface area contributed by atoms with E-state index in [-0.39, 0.29) is 5.78 Å². The minimum Gasteiger partial charge on any atom is -0.384 e. The molecular formula is C10H9NO2. The second kappa shape index (κ2) is 3.01. The summed E-state index contributed by atoms with van der Waals surface area (Å²) in [5, 5.41) is 3.74. The van der Waals surface area contributed by atoms with Gasteiger partial charge in [-0.25, -0.2) is 0 Å². The Morgan fingerprint density at radius 1 is 1.31 bits per heavy atom. The molecule has 0 spiro atoms. The molecule has 0 aromatic heterocycles. The van der Waals surface area contributed by atoms with Crippen molar-refractivity contribution in [2.24, 2.45) is 5.16 Å². The van der Waals surface area contributed by atoms with Crippen LogP contribution in [0.3, 0.4) is 0 Å². The molecule has 0 fully saturated rings. The summed E-state index contributed by atoms with van der Waals surface area (Å²) in [5.41, 5.74) is 1.24. The molecule has 1 heterocycles. The third-order valence-corrected chi connectivity index (χ3v) is 1.95. The van der Waals surface area contributed by atoms with Crippen LogP contribution in [-0.4, -0.2) is 17.6 Å². The third-order valence-electron chi connectivity index (χ3n) is 1.95. The molecule has 1 aliphatic heterocycles. The first-order valence-electron chi connectivity index (χ1n) is 4.12. The van der Waals surface area contributed by atoms with Crippen LogP contribution in [0.15, 0.2) is 35.5 Å². The Hall–Kier alpha value is -1.64. The number of Topliss-reactive ketones (excluding diaryl/α,β-unsaturated/α-hetero) is 1. The van der Waals surface area contributed by atoms with Crippen molar-refractivity contribution >= 4 is 11.5 Å². The van der Waals surface area contributed by atoms with E-state index in [4.69, 9.17) is 4.84 Å². The summed E-state index contributed by atoms with van der Waals surface area (Å²) in [4.78, 5) is 16.3. The van der Waals surface area contributed by atoms with Crippen LogP contribution in [-0.2, 0) is 9.63 Å². The van der Waals surface area contributed by atoms with Gasteiger partial charge in [-0.05, 0) is 6.92 Å². The lowest BCUT2D eigenvalue weighted by molar-refractivity contribution is -0.119. The Labute approximate surface area is 76.0 Å². The Balaban J connectivity index is 2.34. The van der Waals surface area contributed by atoms with Crippen LogP contribution in [0.4, 0.5) is 0 Å². The first-order valence-corrected chi connectivity index (χ1v) is 4.12. The predicted octanol–water partition coefficient (Wildman–Crippen LogP) is 1.38. The molecule has 3 nitrogen and oxygen atoms in total. The van der Waals surface area contributed by atoms with Gasteiger partial charge in [0.1, 0.15) is 0 Å². The third kappa shape index (κ3) is 1.33. The fourth-order valence-electron chi connectivity index (χ4n) is 1.21. The first kappa shape index (κ1) is 7.98. The van der Waals surface area contributed by atoms with Gasteiger partial charge >= 0.3 is 0 Å². The van der Waals surface area contributed by atoms with Crippen molar-refractivity contribution in [2.75, 3.05) is 0 Å². The van der Waals surface area contributed by atoms with Gasteiger partial charge in [0, 0.05) is 5.56 Å². The molecule has 13 heavy (non-hydrogen) atoms. The van der Waals surface area contributed by atoms with E-state index >= 15 is 0 Å². The summed E-state index contributed by atoms with van der Waals surface area (Å²) in [5.74, 6) is -0.0498. The van der Waals surface area contributed by atoms with Crippen LogP contribution < -0.4 is 0 Å². The van der Waals surface area contributed by atoms with Crippen molar-refractivity contribution in [3.05, 3.63) is 35.9 Å². The van der Waals surface area contributed by atoms with Gasteiger partial charge < -0.3 is 4.84 Å². The van der Waals surface area contributed by atoms with Gasteiger partial charge in [0.05, 0.1) is 0 Å². The topological polar surface area (TPSA) is 38.7 Å². The van der Waals surface area contributed by atoms with Crippen LogP contribution in [0.2, 0.25) is 0 Å². The van der Waals surface area contributed by atoms with Gasteiger partial charge in [-0.3, -0.25) is 4.79 Å². The van der Waals surface area contributed by atoms with Gasteiger partial charge in [-0.1, -0.05) is 35.5 Å². The van der Waals surface area contributed by atoms with Gasteiger partial charge in [-0.15, -0.1) is 0 Å². The molecule has 0 saturated carbocycles. The molecule has 0 radical (unpaired) electrons. The maximum Gasteiger partial charge on any atom is 0.228 e. The maximum atomic E-state index is 11.4. The van der Waals surface area contributed by atoms with Gasteiger partial charge in [0.15, 0.2) is 11.8 Å². The summed E-state index contributed by atoms with van der Waals surface area (Å²) in [6.07, 6.45) is -0.435. The number of oxime groups is 1. The standard InChI is InChI=1S/C10H9NO2/c1-7-10(12)9(11-13-7)8-5-3-2-4-6-8/h2-7H,1H3. The monoisotopic (exact) mass is 175 g/mol. The lowest BCUT2D eigenvalue weighted by Crippen LogP contribution is -2.20. The van der Waals surface area contributed by atoms with Gasteiger partial charge in [0.25, 0.3) is 0 Å². The molecule has 1 atom stereocenters. The molecule has 0 aliphatic carbocycles. The van der Waals surface area contributed by atoms with Crippen molar-refractivity contribution in [3.8, 4) is 0 Å². The minimum absolute atomic E-state index is 0.0498. The number of rotatable bonds is 1. The molecule has 2 rings (SSSR count). The highest BCUT2D eigenvalue weighted by atomic mass is 16.6. The second-order valence-corrected chi connectivity index (χ2v) is 2.92. The summed E-state index contributed by atoms with van der Waals surface area (Å²) in [7, 11) is 0. The molecule has 1 aromatic rings. The van der Waals surface area contributed by atoms with E-state index in [1.54, 1.807) is 6.92 Å². The Bertz CT molecular complexity index is 356. The number of hydrogen-bond donors (Lipinski definition) is 0. The van der Waals surface area contributed by atoms with Crippen molar-refractivity contribution in [1.29, 1.82) is 0 Å². The molecule has 66 valence electrons. The zero-order valence-electron chi connectivity index (χ0n) is 7.23. The van der Waals surface area contributed by atoms with Crippen molar-refractivity contribution in [3.63, 3.8) is 0 Å². The number of ketones is 1. The molecule has 0 amide bonds. The Morgan fingerprint density at radius 3 is 2.54 bits per heavy atom. The lowest BCUT2D eigenvalue weighted by atomic mass is 10.0. The van der Waals surface area contributed by atoms with Crippen LogP contribution >= 0.6 is 0 Å². The average molecular weight is 175 g/mol. The average Bonchev–Trinajstić information content (AvgIpc) is 2.49. The summed E-state index contributed by atoms with van der Waals surface area (Å²) in [6.45, 7) is 1.70. The van der Waals surface area contributed by atoms with Crippen LogP contribution in [0, 0.1) is 0 Å². The van der Waals surface area contributed by atoms with E-state index in [0.29, 0.717) is 5.71 Å². The maximum absolute atomic E-state index is 11.4. The highest BCUT2D eigenvalue weighted by Crippen LogP contribution is 2.12. The normalized spacial score (nSPS) is 21.2. The Kier molecular flexibility index (Phi) is 1.85. The summed E-state index contributed by atoms with van der Waals surface area (Å²) >= 11 is 0. The molecule has 1 aliphatic rings. The van der Waals surface area contributed by atoms with Crippen LogP contribution in [0.25, 0.3) is 0 Å². The zero-order chi connectivity index (χ0) is 9.26. The number of nitrogens with zero attached hydrogens (tertiary/aromatic N) is 1. The summed E-state index contributed by atoms with van der Waals surface area (Å²) in [6, 6.07) is 9.33. The van der Waals surface area contributed by atoms with Crippen molar-refractivity contribution in [1.82, 2.24) is 0 Å². The quantitative estimate of drug-likeness (QED) is 0.646. The number of carbonyl (C=O) groups excluding carboxylic acids is 1. The minimum atomic E-state index is -0.435. The van der Waals surface area contributed by atoms with E-state index in [0.717, 1.165) is 5.56 Å². The van der Waals surface area contributed by atoms with Gasteiger partial charge in [-0.2, -0.15) is 0 Å². The molecule has 1 aromatic carbocycles. The first-order chi connectivity index (χ1) is 6.29. The fourth-order valence-corrected chi connectivity index (χ4v) is 1.21. The molecule has 1 unspecified atom stereocenters. The number of carbonyl (C=O) groups is 1. The summed E-state index contributed by atoms with van der Waals surface area (Å²) < 4.78 is 0. The van der Waals surface area contributed by atoms with E-state index in [9.17, 15) is 4.79 Å². The predicted molar refractivity (Wildman–Crippen MR) is 48.5 cm³/mol. The fraction of sp³-hybridized carbons (Fsp3) is 0.200. The molecule has 3 heteroatoms. The number of hydrogen-bond acceptors (Lipinski definition) is 3. The van der Waals surface area contributed by atoms with Crippen LogP contribution in [0.5, 0.6) is 0 Å². The number of benzene rings is 1. The van der Waals surface area contributed by atoms with Gasteiger partial charge in [0.2, 0.25) is 5.78 Å². The largest absolute Gasteiger partial charge is 0.384 e. The smallest absolute Gasteiger partial charge is 0.228 e. The SMILES string of the molecule is CC1ON=C(c2ccccc2)C1=O. The highest BCUT2D eigenvalue weighted by Gasteiger charge is 2.28. The van der Waals surface area contributed by atoms with E-state index in [1.165, 1.54) is 0 Å². The van der Waals surface area contributed by atoms with Crippen LogP contribution in [0.1, 0.15) is 12.5 Å². The highest BCUT2D eigenvalue weighted by molar-refractivity contribution is 6.48. The van der Waals surface area contributed by atoms with Crippen molar-refractivity contribution in [2.45, 2.75) is 13.0 Å². The molecule has 0 bridgehead atoms. The molecule has 0 N–H and O–H groups in total. The molecular weight excluding hydrogens is 166 g/mol. The van der Waals surface area contributed by atoms with E-state index < -0.39 is 6.10 Å². The second-order valence-electron chi connectivity index (χ2n) is 2.92. The Morgan fingerprint density at radius 2 is 2.00 bits per heavy atom.